The summed E-state index contributed by atoms with van der Waals surface area (Å²) in [5, 5.41) is 0. The molecule has 144 valence electrons. The minimum absolute atomic E-state index is 0.0141. The summed E-state index contributed by atoms with van der Waals surface area (Å²) in [7, 11) is 1.81. The third-order valence-corrected chi connectivity index (χ3v) is 4.54. The fourth-order valence-electron chi connectivity index (χ4n) is 3.23. The van der Waals surface area contributed by atoms with Gasteiger partial charge >= 0.3 is 6.61 Å². The molecule has 1 aromatic carbocycles. The van der Waals surface area contributed by atoms with Crippen molar-refractivity contribution in [3.63, 3.8) is 0 Å². The molecule has 1 aliphatic rings. The van der Waals surface area contributed by atoms with E-state index >= 15 is 0 Å². The Bertz CT molecular complexity index is 613. The monoisotopic (exact) mass is 367 g/mol. The molecule has 2 rings (SSSR count). The molecule has 0 atom stereocenters. The largest absolute Gasteiger partial charge is 0.490 e. The highest BCUT2D eigenvalue weighted by Gasteiger charge is 2.17. The zero-order valence-corrected chi connectivity index (χ0v) is 15.4. The summed E-state index contributed by atoms with van der Waals surface area (Å²) in [6, 6.07) is 4.63. The smallest absolute Gasteiger partial charge is 0.387 e. The van der Waals surface area contributed by atoms with Crippen molar-refractivity contribution in [2.75, 3.05) is 20.2 Å². The van der Waals surface area contributed by atoms with E-state index in [9.17, 15) is 13.6 Å². The molecule has 0 radical (unpaired) electrons. The van der Waals surface area contributed by atoms with E-state index in [1.54, 1.807) is 30.0 Å². The standard InChI is InChI=1S/C20H27F2NO3/c1-3-25-18-13-15(9-11-17(18)26-20(21)22)10-12-19(24)23(2)14-16-7-5-4-6-8-16/h9-13,16,20H,3-8,14H2,1-2H3/b12-10+. The Morgan fingerprint density at radius 2 is 2.00 bits per heavy atom. The topological polar surface area (TPSA) is 38.8 Å². The normalized spacial score (nSPS) is 15.4. The second-order valence-electron chi connectivity index (χ2n) is 6.57. The van der Waals surface area contributed by atoms with Crippen LogP contribution in [0.4, 0.5) is 8.78 Å². The number of hydrogen-bond donors (Lipinski definition) is 0. The number of halogens is 2. The molecule has 1 saturated carbocycles. The minimum atomic E-state index is -2.91. The lowest BCUT2D eigenvalue weighted by Crippen LogP contribution is -2.31. The zero-order valence-electron chi connectivity index (χ0n) is 15.4. The molecule has 0 bridgehead atoms. The molecule has 0 unspecified atom stereocenters. The minimum Gasteiger partial charge on any atom is -0.490 e. The second-order valence-corrected chi connectivity index (χ2v) is 6.57. The van der Waals surface area contributed by atoms with Gasteiger partial charge in [-0.15, -0.1) is 0 Å². The summed E-state index contributed by atoms with van der Waals surface area (Å²) in [6.07, 6.45) is 9.32. The van der Waals surface area contributed by atoms with Gasteiger partial charge in [-0.1, -0.05) is 25.3 Å². The van der Waals surface area contributed by atoms with Crippen LogP contribution in [-0.2, 0) is 4.79 Å². The molecule has 4 nitrogen and oxygen atoms in total. The summed E-state index contributed by atoms with van der Waals surface area (Å²) < 4.78 is 34.7. The van der Waals surface area contributed by atoms with Gasteiger partial charge in [0.25, 0.3) is 0 Å². The quantitative estimate of drug-likeness (QED) is 0.623. The fraction of sp³-hybridized carbons (Fsp3) is 0.550. The molecule has 0 aromatic heterocycles. The van der Waals surface area contributed by atoms with Crippen LogP contribution in [0.25, 0.3) is 6.08 Å². The Balaban J connectivity index is 1.99. The number of amides is 1. The van der Waals surface area contributed by atoms with Crippen molar-refractivity contribution in [3.8, 4) is 11.5 Å². The van der Waals surface area contributed by atoms with Crippen molar-refractivity contribution in [2.45, 2.75) is 45.6 Å². The molecule has 26 heavy (non-hydrogen) atoms. The molecule has 6 heteroatoms. The van der Waals surface area contributed by atoms with Crippen LogP contribution < -0.4 is 9.47 Å². The number of benzene rings is 1. The molecule has 1 aliphatic carbocycles. The lowest BCUT2D eigenvalue weighted by molar-refractivity contribution is -0.125. The summed E-state index contributed by atoms with van der Waals surface area (Å²) in [6.45, 7) is -0.0476. The zero-order chi connectivity index (χ0) is 18.9. The number of ether oxygens (including phenoxy) is 2. The van der Waals surface area contributed by atoms with E-state index in [-0.39, 0.29) is 17.4 Å². The number of hydrogen-bond acceptors (Lipinski definition) is 3. The van der Waals surface area contributed by atoms with Gasteiger partial charge in [-0.05, 0) is 49.5 Å². The third kappa shape index (κ3) is 6.32. The van der Waals surface area contributed by atoms with Gasteiger partial charge in [0.05, 0.1) is 6.61 Å². The van der Waals surface area contributed by atoms with Gasteiger partial charge in [0.1, 0.15) is 0 Å². The Morgan fingerprint density at radius 3 is 2.65 bits per heavy atom. The SMILES string of the molecule is CCOc1cc(/C=C/C(=O)N(C)CC2CCCCC2)ccc1OC(F)F. The van der Waals surface area contributed by atoms with Crippen LogP contribution in [-0.4, -0.2) is 37.6 Å². The average molecular weight is 367 g/mol. The van der Waals surface area contributed by atoms with E-state index in [0.717, 1.165) is 6.54 Å². The van der Waals surface area contributed by atoms with Crippen LogP contribution >= 0.6 is 0 Å². The highest BCUT2D eigenvalue weighted by atomic mass is 19.3. The highest BCUT2D eigenvalue weighted by Crippen LogP contribution is 2.30. The van der Waals surface area contributed by atoms with Crippen molar-refractivity contribution in [1.82, 2.24) is 4.90 Å². The summed E-state index contributed by atoms with van der Waals surface area (Å²) in [5.41, 5.74) is 0.689. The number of likely N-dealkylation sites (N-methyl/N-ethyl adjacent to an activating group) is 1. The number of carbonyl (C=O) groups is 1. The Labute approximate surface area is 153 Å². The molecular weight excluding hydrogens is 340 g/mol. The van der Waals surface area contributed by atoms with Crippen LogP contribution in [0.1, 0.15) is 44.6 Å². The lowest BCUT2D eigenvalue weighted by atomic mass is 9.89. The maximum Gasteiger partial charge on any atom is 0.387 e. The number of carbonyl (C=O) groups excluding carboxylic acids is 1. The van der Waals surface area contributed by atoms with Crippen LogP contribution in [0.2, 0.25) is 0 Å². The summed E-state index contributed by atoms with van der Waals surface area (Å²) in [4.78, 5) is 14.0. The number of nitrogens with zero attached hydrogens (tertiary/aromatic N) is 1. The van der Waals surface area contributed by atoms with Crippen LogP contribution in [0.15, 0.2) is 24.3 Å². The predicted octanol–water partition coefficient (Wildman–Crippen LogP) is 4.74. The van der Waals surface area contributed by atoms with Crippen LogP contribution in [0, 0.1) is 5.92 Å². The number of rotatable bonds is 8. The first-order valence-electron chi connectivity index (χ1n) is 9.14. The fourth-order valence-corrected chi connectivity index (χ4v) is 3.23. The van der Waals surface area contributed by atoms with Crippen molar-refractivity contribution < 1.29 is 23.0 Å². The molecule has 0 N–H and O–H groups in total. The van der Waals surface area contributed by atoms with Crippen molar-refractivity contribution in [3.05, 3.63) is 29.8 Å². The van der Waals surface area contributed by atoms with Crippen LogP contribution in [0.5, 0.6) is 11.5 Å². The maximum absolute atomic E-state index is 12.4. The van der Waals surface area contributed by atoms with Gasteiger partial charge in [0.15, 0.2) is 11.5 Å². The summed E-state index contributed by atoms with van der Waals surface area (Å²) in [5.74, 6) is 0.737. The van der Waals surface area contributed by atoms with Crippen molar-refractivity contribution >= 4 is 12.0 Å². The first kappa shape index (κ1) is 20.2. The summed E-state index contributed by atoms with van der Waals surface area (Å²) >= 11 is 0. The van der Waals surface area contributed by atoms with E-state index in [0.29, 0.717) is 18.1 Å². The molecule has 1 amide bonds. The first-order valence-corrected chi connectivity index (χ1v) is 9.14. The Kier molecular flexibility index (Phi) is 7.88. The first-order chi connectivity index (χ1) is 12.5. The molecule has 0 saturated heterocycles. The van der Waals surface area contributed by atoms with Crippen molar-refractivity contribution in [1.29, 1.82) is 0 Å². The van der Waals surface area contributed by atoms with E-state index in [1.807, 2.05) is 7.05 Å². The lowest BCUT2D eigenvalue weighted by Gasteiger charge is -2.26. The molecule has 1 aromatic rings. The van der Waals surface area contributed by atoms with Gasteiger partial charge in [-0.2, -0.15) is 8.78 Å². The second kappa shape index (κ2) is 10.1. The van der Waals surface area contributed by atoms with Gasteiger partial charge in [0.2, 0.25) is 5.91 Å². The molecule has 0 aliphatic heterocycles. The molecule has 1 fully saturated rings. The maximum atomic E-state index is 12.4. The average Bonchev–Trinajstić information content (AvgIpc) is 2.62. The van der Waals surface area contributed by atoms with Crippen molar-refractivity contribution in [2.24, 2.45) is 5.92 Å². The van der Waals surface area contributed by atoms with Crippen LogP contribution in [0.3, 0.4) is 0 Å². The van der Waals surface area contributed by atoms with Gasteiger partial charge < -0.3 is 14.4 Å². The highest BCUT2D eigenvalue weighted by molar-refractivity contribution is 5.91. The predicted molar refractivity (Wildman–Crippen MR) is 97.5 cm³/mol. The Hall–Kier alpha value is -2.11. The number of alkyl halides is 2. The van der Waals surface area contributed by atoms with E-state index in [4.69, 9.17) is 4.74 Å². The Morgan fingerprint density at radius 1 is 1.27 bits per heavy atom. The van der Waals surface area contributed by atoms with Gasteiger partial charge in [-0.3, -0.25) is 4.79 Å². The third-order valence-electron chi connectivity index (χ3n) is 4.54. The van der Waals surface area contributed by atoms with E-state index in [1.165, 1.54) is 44.2 Å². The van der Waals surface area contributed by atoms with Gasteiger partial charge in [-0.25, -0.2) is 0 Å². The van der Waals surface area contributed by atoms with E-state index in [2.05, 4.69) is 4.74 Å². The molecular formula is C20H27F2NO3. The molecule has 0 heterocycles. The van der Waals surface area contributed by atoms with E-state index < -0.39 is 6.61 Å². The molecule has 0 spiro atoms. The van der Waals surface area contributed by atoms with Gasteiger partial charge in [0, 0.05) is 19.7 Å².